The van der Waals surface area contributed by atoms with Crippen LogP contribution in [0.1, 0.15) is 22.6 Å². The summed E-state index contributed by atoms with van der Waals surface area (Å²) in [7, 11) is 2.19. The van der Waals surface area contributed by atoms with Crippen molar-refractivity contribution in [2.24, 2.45) is 0 Å². The number of fused-ring (bicyclic) bond motifs is 1. The Balaban J connectivity index is 1.65. The lowest BCUT2D eigenvalue weighted by molar-refractivity contribution is 0.293. The van der Waals surface area contributed by atoms with Gasteiger partial charge in [0.05, 0.1) is 0 Å². The van der Waals surface area contributed by atoms with Gasteiger partial charge in [-0.15, -0.1) is 0 Å². The van der Waals surface area contributed by atoms with Crippen molar-refractivity contribution < 1.29 is 0 Å². The van der Waals surface area contributed by atoms with Crippen LogP contribution in [0.4, 0.5) is 0 Å². The molecule has 110 valence electrons. The summed E-state index contributed by atoms with van der Waals surface area (Å²) < 4.78 is 0. The summed E-state index contributed by atoms with van der Waals surface area (Å²) in [5.41, 5.74) is 4.24. The number of rotatable bonds is 4. The molecule has 0 aliphatic carbocycles. The van der Waals surface area contributed by atoms with E-state index in [0.29, 0.717) is 5.92 Å². The second-order valence-corrected chi connectivity index (χ2v) is 6.29. The molecule has 0 aromatic heterocycles. The summed E-state index contributed by atoms with van der Waals surface area (Å²) in [6.45, 7) is 4.07. The molecule has 0 fully saturated rings. The molecule has 1 N–H and O–H groups in total. The highest BCUT2D eigenvalue weighted by Crippen LogP contribution is 2.24. The zero-order valence-corrected chi connectivity index (χ0v) is 13.1. The number of likely N-dealkylation sites (N-methyl/N-ethyl adjacent to an activating group) is 1. The first-order chi connectivity index (χ1) is 10.2. The van der Waals surface area contributed by atoms with E-state index in [9.17, 15) is 0 Å². The van der Waals surface area contributed by atoms with Gasteiger partial charge in [0, 0.05) is 37.1 Å². The Kier molecular flexibility index (Phi) is 4.59. The van der Waals surface area contributed by atoms with Crippen LogP contribution >= 0.6 is 11.6 Å². The van der Waals surface area contributed by atoms with Crippen molar-refractivity contribution in [2.75, 3.05) is 20.1 Å². The number of halogens is 1. The molecule has 0 amide bonds. The van der Waals surface area contributed by atoms with Gasteiger partial charge >= 0.3 is 0 Å². The van der Waals surface area contributed by atoms with E-state index < -0.39 is 0 Å². The Morgan fingerprint density at radius 1 is 1.14 bits per heavy atom. The zero-order chi connectivity index (χ0) is 14.7. The van der Waals surface area contributed by atoms with Crippen LogP contribution in [-0.2, 0) is 13.1 Å². The number of hydrogen-bond acceptors (Lipinski definition) is 2. The van der Waals surface area contributed by atoms with E-state index in [4.69, 9.17) is 11.6 Å². The highest BCUT2D eigenvalue weighted by atomic mass is 35.5. The van der Waals surface area contributed by atoms with E-state index in [-0.39, 0.29) is 0 Å². The minimum atomic E-state index is 0.562. The Morgan fingerprint density at radius 2 is 1.90 bits per heavy atom. The predicted molar refractivity (Wildman–Crippen MR) is 88.7 cm³/mol. The van der Waals surface area contributed by atoms with Gasteiger partial charge in [0.25, 0.3) is 0 Å². The maximum absolute atomic E-state index is 5.94. The molecule has 21 heavy (non-hydrogen) atoms. The minimum Gasteiger partial charge on any atom is -0.312 e. The summed E-state index contributed by atoms with van der Waals surface area (Å²) >= 11 is 5.94. The molecule has 3 rings (SSSR count). The van der Waals surface area contributed by atoms with E-state index in [2.05, 4.69) is 53.7 Å². The Morgan fingerprint density at radius 3 is 2.71 bits per heavy atom. The number of nitrogens with zero attached hydrogens (tertiary/aromatic N) is 1. The summed E-state index contributed by atoms with van der Waals surface area (Å²) in [4.78, 5) is 2.39. The molecule has 0 saturated carbocycles. The molecule has 1 atom stereocenters. The van der Waals surface area contributed by atoms with Gasteiger partial charge in [0.2, 0.25) is 0 Å². The van der Waals surface area contributed by atoms with Gasteiger partial charge in [0.1, 0.15) is 0 Å². The van der Waals surface area contributed by atoms with Crippen LogP contribution in [0.5, 0.6) is 0 Å². The van der Waals surface area contributed by atoms with Gasteiger partial charge in [-0.05, 0) is 35.9 Å². The topological polar surface area (TPSA) is 15.3 Å². The summed E-state index contributed by atoms with van der Waals surface area (Å²) in [6.07, 6.45) is 0. The fraction of sp³-hybridized carbons (Fsp3) is 0.333. The maximum Gasteiger partial charge on any atom is 0.0406 e. The van der Waals surface area contributed by atoms with Crippen molar-refractivity contribution in [1.82, 2.24) is 10.2 Å². The molecule has 0 saturated heterocycles. The number of nitrogens with one attached hydrogen (secondary N) is 1. The van der Waals surface area contributed by atoms with Gasteiger partial charge in [0.15, 0.2) is 0 Å². The Labute approximate surface area is 131 Å². The van der Waals surface area contributed by atoms with E-state index >= 15 is 0 Å². The van der Waals surface area contributed by atoms with Crippen molar-refractivity contribution in [3.63, 3.8) is 0 Å². The first-order valence-electron chi connectivity index (χ1n) is 7.44. The van der Waals surface area contributed by atoms with Crippen molar-refractivity contribution >= 4 is 11.6 Å². The van der Waals surface area contributed by atoms with E-state index in [0.717, 1.165) is 31.2 Å². The Hall–Kier alpha value is -1.35. The van der Waals surface area contributed by atoms with Crippen molar-refractivity contribution in [1.29, 1.82) is 0 Å². The molecule has 1 aliphatic rings. The van der Waals surface area contributed by atoms with Crippen molar-refractivity contribution in [2.45, 2.75) is 19.0 Å². The van der Waals surface area contributed by atoms with E-state index in [1.165, 1.54) is 16.7 Å². The molecule has 0 radical (unpaired) electrons. The van der Waals surface area contributed by atoms with Gasteiger partial charge < -0.3 is 10.2 Å². The predicted octanol–water partition coefficient (Wildman–Crippen LogP) is 3.66. The van der Waals surface area contributed by atoms with Gasteiger partial charge in [-0.3, -0.25) is 0 Å². The molecule has 2 aromatic rings. The lowest BCUT2D eigenvalue weighted by Gasteiger charge is -2.30. The van der Waals surface area contributed by atoms with Crippen LogP contribution in [0.15, 0.2) is 48.5 Å². The van der Waals surface area contributed by atoms with Crippen LogP contribution in [-0.4, -0.2) is 25.0 Å². The molecule has 1 heterocycles. The normalized spacial score (nSPS) is 17.8. The summed E-state index contributed by atoms with van der Waals surface area (Å²) in [5.74, 6) is 0.562. The van der Waals surface area contributed by atoms with Gasteiger partial charge in [-0.1, -0.05) is 48.0 Å². The Bertz CT molecular complexity index is 594. The third-order valence-corrected chi connectivity index (χ3v) is 4.35. The minimum absolute atomic E-state index is 0.562. The molecule has 2 nitrogen and oxygen atoms in total. The quantitative estimate of drug-likeness (QED) is 0.927. The first-order valence-corrected chi connectivity index (χ1v) is 7.81. The first kappa shape index (κ1) is 14.6. The average molecular weight is 301 g/mol. The van der Waals surface area contributed by atoms with Crippen LogP contribution in [0.3, 0.4) is 0 Å². The van der Waals surface area contributed by atoms with Gasteiger partial charge in [-0.2, -0.15) is 0 Å². The maximum atomic E-state index is 5.94. The molecule has 0 spiro atoms. The van der Waals surface area contributed by atoms with Crippen LogP contribution in [0.25, 0.3) is 0 Å². The largest absolute Gasteiger partial charge is 0.312 e. The standard InChI is InChI=1S/C18H21ClN2/c1-21(12-14-6-8-17(19)9-7-14)13-16-11-20-10-15-4-2-3-5-18(15)16/h2-9,16,20H,10-13H2,1H3. The molecule has 0 bridgehead atoms. The second kappa shape index (κ2) is 6.61. The molecule has 3 heteroatoms. The second-order valence-electron chi connectivity index (χ2n) is 5.85. The lowest BCUT2D eigenvalue weighted by atomic mass is 9.90. The fourth-order valence-electron chi connectivity index (χ4n) is 3.09. The third kappa shape index (κ3) is 3.65. The molecule has 1 unspecified atom stereocenters. The highest BCUT2D eigenvalue weighted by Gasteiger charge is 2.20. The molecule has 2 aromatic carbocycles. The van der Waals surface area contributed by atoms with Crippen LogP contribution in [0.2, 0.25) is 5.02 Å². The number of benzene rings is 2. The number of hydrogen-bond donors (Lipinski definition) is 1. The SMILES string of the molecule is CN(Cc1ccc(Cl)cc1)CC1CNCc2ccccc21. The lowest BCUT2D eigenvalue weighted by Crippen LogP contribution is -2.35. The fourth-order valence-corrected chi connectivity index (χ4v) is 3.22. The zero-order valence-electron chi connectivity index (χ0n) is 12.3. The summed E-state index contributed by atoms with van der Waals surface area (Å²) in [6, 6.07) is 16.9. The molecular weight excluding hydrogens is 280 g/mol. The highest BCUT2D eigenvalue weighted by molar-refractivity contribution is 6.30. The van der Waals surface area contributed by atoms with Crippen molar-refractivity contribution in [3.05, 3.63) is 70.2 Å². The smallest absolute Gasteiger partial charge is 0.0406 e. The van der Waals surface area contributed by atoms with Crippen LogP contribution < -0.4 is 5.32 Å². The molecular formula is C18H21ClN2. The van der Waals surface area contributed by atoms with Crippen molar-refractivity contribution in [3.8, 4) is 0 Å². The van der Waals surface area contributed by atoms with Gasteiger partial charge in [-0.25, -0.2) is 0 Å². The third-order valence-electron chi connectivity index (χ3n) is 4.10. The average Bonchev–Trinajstić information content (AvgIpc) is 2.50. The van der Waals surface area contributed by atoms with E-state index in [1.54, 1.807) is 0 Å². The monoisotopic (exact) mass is 300 g/mol. The van der Waals surface area contributed by atoms with E-state index in [1.807, 2.05) is 12.1 Å². The van der Waals surface area contributed by atoms with Crippen LogP contribution in [0, 0.1) is 0 Å². The summed E-state index contributed by atoms with van der Waals surface area (Å²) in [5, 5.41) is 4.32. The molecule has 1 aliphatic heterocycles.